The van der Waals surface area contributed by atoms with Crippen LogP contribution in [0.2, 0.25) is 0 Å². The van der Waals surface area contributed by atoms with E-state index in [1.165, 1.54) is 38.4 Å². The largest absolute Gasteiger partial charge is 0.465 e. The summed E-state index contributed by atoms with van der Waals surface area (Å²) in [5.74, 6) is 1.52. The summed E-state index contributed by atoms with van der Waals surface area (Å²) in [5.41, 5.74) is 6.92. The number of carbonyl (C=O) groups is 1. The van der Waals surface area contributed by atoms with E-state index in [4.69, 9.17) is 19.4 Å². The molecular weight excluding hydrogens is 532 g/mol. The summed E-state index contributed by atoms with van der Waals surface area (Å²) in [6.07, 6.45) is 10.6. The van der Waals surface area contributed by atoms with Gasteiger partial charge in [-0.05, 0) is 86.7 Å². The molecule has 1 saturated heterocycles. The van der Waals surface area contributed by atoms with Crippen LogP contribution in [0.25, 0.3) is 44.2 Å². The van der Waals surface area contributed by atoms with Crippen LogP contribution in [0, 0.1) is 0 Å². The summed E-state index contributed by atoms with van der Waals surface area (Å²) in [6, 6.07) is 16.2. The molecule has 0 saturated carbocycles. The zero-order chi connectivity index (χ0) is 27.8. The van der Waals surface area contributed by atoms with E-state index in [-0.39, 0.29) is 12.1 Å². The molecule has 2 aromatic carbocycles. The number of aryl methyl sites for hydroxylation is 1. The highest BCUT2D eigenvalue weighted by Crippen LogP contribution is 2.37. The average Bonchev–Trinajstić information content (AvgIpc) is 3.83. The lowest BCUT2D eigenvalue weighted by molar-refractivity contribution is 0.0601. The van der Waals surface area contributed by atoms with Crippen molar-refractivity contribution in [1.82, 2.24) is 19.1 Å². The van der Waals surface area contributed by atoms with Crippen molar-refractivity contribution in [3.8, 4) is 22.1 Å². The Morgan fingerprint density at radius 2 is 1.98 bits per heavy atom. The minimum atomic E-state index is -0.354. The number of hydrogen-bond donors (Lipinski definition) is 0. The Morgan fingerprint density at radius 3 is 2.76 bits per heavy atom. The molecule has 3 aromatic heterocycles. The number of hydrogen-bond acceptors (Lipinski definition) is 6. The number of imidazole rings is 2. The normalized spacial score (nSPS) is 17.4. The molecule has 0 N–H and O–H groups in total. The number of fused-ring (bicyclic) bond motifs is 2. The van der Waals surface area contributed by atoms with Gasteiger partial charge in [-0.15, -0.1) is 11.3 Å². The number of para-hydroxylation sites is 1. The van der Waals surface area contributed by atoms with Gasteiger partial charge in [0.05, 0.1) is 52.3 Å². The molecule has 0 amide bonds. The van der Waals surface area contributed by atoms with Gasteiger partial charge in [-0.2, -0.15) is 0 Å². The number of thiophene rings is 1. The lowest BCUT2D eigenvalue weighted by Gasteiger charge is -2.17. The first-order valence-corrected chi connectivity index (χ1v) is 15.5. The second-order valence-corrected chi connectivity index (χ2v) is 11.9. The van der Waals surface area contributed by atoms with Crippen molar-refractivity contribution in [2.75, 3.05) is 13.7 Å². The number of esters is 1. The number of methoxy groups -OCH3 is 1. The van der Waals surface area contributed by atoms with Crippen molar-refractivity contribution >= 4 is 39.4 Å². The van der Waals surface area contributed by atoms with Gasteiger partial charge in [-0.25, -0.2) is 14.8 Å². The SMILES string of the molecule is COC(=O)c1ccc2c(c1)nc(-c1cccc3nc(-c4cccs4)n(CC4CCCO4)c13)n2CCC1=CCCCC1. The number of aromatic nitrogens is 4. The molecule has 1 fully saturated rings. The van der Waals surface area contributed by atoms with E-state index in [9.17, 15) is 4.79 Å². The summed E-state index contributed by atoms with van der Waals surface area (Å²) in [4.78, 5) is 23.8. The third-order valence-electron chi connectivity index (χ3n) is 8.37. The lowest BCUT2D eigenvalue weighted by Crippen LogP contribution is -2.16. The molecule has 4 heterocycles. The van der Waals surface area contributed by atoms with Gasteiger partial charge in [0, 0.05) is 18.7 Å². The van der Waals surface area contributed by atoms with E-state index in [2.05, 4.69) is 50.9 Å². The number of allylic oxidation sites excluding steroid dienone is 2. The molecule has 0 radical (unpaired) electrons. The zero-order valence-electron chi connectivity index (χ0n) is 23.3. The van der Waals surface area contributed by atoms with Gasteiger partial charge in [0.1, 0.15) is 5.82 Å². The predicted octanol–water partition coefficient (Wildman–Crippen LogP) is 7.64. The molecule has 1 aliphatic heterocycles. The number of rotatable bonds is 8. The van der Waals surface area contributed by atoms with Gasteiger partial charge in [-0.3, -0.25) is 0 Å². The van der Waals surface area contributed by atoms with Gasteiger partial charge in [0.2, 0.25) is 0 Å². The molecule has 41 heavy (non-hydrogen) atoms. The maximum Gasteiger partial charge on any atom is 0.337 e. The summed E-state index contributed by atoms with van der Waals surface area (Å²) in [6.45, 7) is 2.39. The number of benzene rings is 2. The average molecular weight is 567 g/mol. The number of carbonyl (C=O) groups excluding carboxylic acids is 1. The van der Waals surface area contributed by atoms with Crippen LogP contribution in [-0.2, 0) is 22.6 Å². The van der Waals surface area contributed by atoms with Crippen molar-refractivity contribution < 1.29 is 14.3 Å². The Morgan fingerprint density at radius 1 is 1.05 bits per heavy atom. The Hall–Kier alpha value is -3.75. The monoisotopic (exact) mass is 566 g/mol. The van der Waals surface area contributed by atoms with E-state index in [0.29, 0.717) is 5.56 Å². The Balaban J connectivity index is 1.41. The summed E-state index contributed by atoms with van der Waals surface area (Å²) < 4.78 is 15.8. The van der Waals surface area contributed by atoms with Crippen LogP contribution in [0.3, 0.4) is 0 Å². The van der Waals surface area contributed by atoms with E-state index < -0.39 is 0 Å². The zero-order valence-corrected chi connectivity index (χ0v) is 24.2. The highest BCUT2D eigenvalue weighted by atomic mass is 32.1. The van der Waals surface area contributed by atoms with E-state index in [1.54, 1.807) is 11.3 Å². The van der Waals surface area contributed by atoms with Crippen LogP contribution in [0.4, 0.5) is 0 Å². The van der Waals surface area contributed by atoms with Crippen LogP contribution >= 0.6 is 11.3 Å². The Kier molecular flexibility index (Phi) is 7.19. The van der Waals surface area contributed by atoms with Crippen LogP contribution < -0.4 is 0 Å². The maximum absolute atomic E-state index is 12.4. The first-order valence-electron chi connectivity index (χ1n) is 14.6. The maximum atomic E-state index is 12.4. The van der Waals surface area contributed by atoms with Gasteiger partial charge in [0.15, 0.2) is 5.82 Å². The molecule has 7 rings (SSSR count). The fourth-order valence-electron chi connectivity index (χ4n) is 6.32. The fraction of sp³-hybridized carbons (Fsp3) is 0.364. The minimum absolute atomic E-state index is 0.166. The standard InChI is InChI=1S/C33H34N4O3S/c1-39-33(38)23-14-15-28-27(20-23)35-31(36(28)17-16-22-8-3-2-4-9-22)25-11-5-12-26-30(25)37(21-24-10-6-18-40-24)32(34-26)29-13-7-19-41-29/h5,7-8,11-15,19-20,24H,2-4,6,9-10,16-18,21H2,1H3. The van der Waals surface area contributed by atoms with Crippen molar-refractivity contribution in [2.24, 2.45) is 0 Å². The molecule has 210 valence electrons. The molecule has 0 spiro atoms. The number of nitrogens with zero attached hydrogens (tertiary/aromatic N) is 4. The smallest absolute Gasteiger partial charge is 0.337 e. The third-order valence-corrected chi connectivity index (χ3v) is 9.24. The molecule has 1 aliphatic carbocycles. The predicted molar refractivity (Wildman–Crippen MR) is 163 cm³/mol. The Bertz CT molecular complexity index is 1740. The summed E-state index contributed by atoms with van der Waals surface area (Å²) in [7, 11) is 1.41. The van der Waals surface area contributed by atoms with E-state index in [1.807, 2.05) is 18.2 Å². The minimum Gasteiger partial charge on any atom is -0.465 e. The van der Waals surface area contributed by atoms with Crippen LogP contribution in [0.1, 0.15) is 55.3 Å². The molecule has 7 nitrogen and oxygen atoms in total. The molecular formula is C33H34N4O3S. The molecule has 8 heteroatoms. The molecule has 1 unspecified atom stereocenters. The van der Waals surface area contributed by atoms with Crippen molar-refractivity contribution in [1.29, 1.82) is 0 Å². The van der Waals surface area contributed by atoms with Gasteiger partial charge < -0.3 is 18.6 Å². The highest BCUT2D eigenvalue weighted by molar-refractivity contribution is 7.13. The van der Waals surface area contributed by atoms with Gasteiger partial charge >= 0.3 is 5.97 Å². The van der Waals surface area contributed by atoms with Gasteiger partial charge in [-0.1, -0.05) is 23.8 Å². The second kappa shape index (κ2) is 11.3. The lowest BCUT2D eigenvalue weighted by atomic mass is 9.97. The molecule has 0 bridgehead atoms. The molecule has 2 aliphatic rings. The van der Waals surface area contributed by atoms with Crippen LogP contribution in [-0.4, -0.2) is 44.9 Å². The van der Waals surface area contributed by atoms with Gasteiger partial charge in [0.25, 0.3) is 0 Å². The van der Waals surface area contributed by atoms with Crippen LogP contribution in [0.15, 0.2) is 65.6 Å². The number of ether oxygens (including phenoxy) is 2. The molecule has 5 aromatic rings. The first kappa shape index (κ1) is 26.2. The molecule has 1 atom stereocenters. The van der Waals surface area contributed by atoms with Crippen molar-refractivity contribution in [3.63, 3.8) is 0 Å². The summed E-state index contributed by atoms with van der Waals surface area (Å²) in [5, 5.41) is 2.10. The highest BCUT2D eigenvalue weighted by Gasteiger charge is 2.25. The fourth-order valence-corrected chi connectivity index (χ4v) is 7.05. The van der Waals surface area contributed by atoms with Crippen LogP contribution in [0.5, 0.6) is 0 Å². The summed E-state index contributed by atoms with van der Waals surface area (Å²) >= 11 is 1.71. The Labute approximate surface area is 243 Å². The van der Waals surface area contributed by atoms with Crippen molar-refractivity contribution in [3.05, 3.63) is 71.1 Å². The third kappa shape index (κ3) is 5.00. The second-order valence-electron chi connectivity index (χ2n) is 11.0. The first-order chi connectivity index (χ1) is 20.2. The van der Waals surface area contributed by atoms with E-state index in [0.717, 1.165) is 83.1 Å². The van der Waals surface area contributed by atoms with E-state index >= 15 is 0 Å². The van der Waals surface area contributed by atoms with Crippen molar-refractivity contribution in [2.45, 2.75) is 64.1 Å². The topological polar surface area (TPSA) is 71.2 Å². The quantitative estimate of drug-likeness (QED) is 0.143.